The first-order valence-electron chi connectivity index (χ1n) is 10.2. The summed E-state index contributed by atoms with van der Waals surface area (Å²) in [6.07, 6.45) is 1.70. The molecule has 0 bridgehead atoms. The lowest BCUT2D eigenvalue weighted by Gasteiger charge is -2.13. The summed E-state index contributed by atoms with van der Waals surface area (Å²) in [5.74, 6) is 0.231. The molecule has 0 aliphatic rings. The number of hydrogen-bond acceptors (Lipinski definition) is 9. The lowest BCUT2D eigenvalue weighted by atomic mass is 10.2. The molecule has 0 spiro atoms. The van der Waals surface area contributed by atoms with Crippen LogP contribution in [-0.2, 0) is 20.7 Å². The van der Waals surface area contributed by atoms with E-state index in [-0.39, 0.29) is 24.9 Å². The summed E-state index contributed by atoms with van der Waals surface area (Å²) < 4.78 is 16.6. The van der Waals surface area contributed by atoms with Gasteiger partial charge in [0.1, 0.15) is 0 Å². The van der Waals surface area contributed by atoms with Crippen LogP contribution in [0.5, 0.6) is 11.5 Å². The van der Waals surface area contributed by atoms with Gasteiger partial charge in [0.25, 0.3) is 5.91 Å². The molecule has 0 saturated carbocycles. The monoisotopic (exact) mass is 546 g/mol. The van der Waals surface area contributed by atoms with E-state index >= 15 is 0 Å². The van der Waals surface area contributed by atoms with Crippen molar-refractivity contribution in [2.24, 2.45) is 5.10 Å². The lowest BCUT2D eigenvalue weighted by molar-refractivity contribution is -0.142. The maximum atomic E-state index is 12.2. The van der Waals surface area contributed by atoms with Gasteiger partial charge in [0.15, 0.2) is 18.1 Å². The Bertz CT molecular complexity index is 1150. The number of thiazole rings is 1. The first-order valence-corrected chi connectivity index (χ1v) is 11.9. The summed E-state index contributed by atoms with van der Waals surface area (Å²) in [5, 5.41) is 9.26. The van der Waals surface area contributed by atoms with Crippen LogP contribution in [-0.4, -0.2) is 43.4 Å². The highest BCUT2D eigenvalue weighted by Crippen LogP contribution is 2.36. The van der Waals surface area contributed by atoms with Gasteiger partial charge in [-0.3, -0.25) is 15.0 Å². The van der Waals surface area contributed by atoms with Gasteiger partial charge in [-0.15, -0.1) is 11.3 Å². The zero-order chi connectivity index (χ0) is 24.3. The predicted octanol–water partition coefficient (Wildman–Crippen LogP) is 4.48. The van der Waals surface area contributed by atoms with Gasteiger partial charge in [0.05, 0.1) is 36.5 Å². The van der Waals surface area contributed by atoms with E-state index in [1.165, 1.54) is 18.4 Å². The van der Waals surface area contributed by atoms with Crippen LogP contribution in [0.2, 0.25) is 0 Å². The Morgan fingerprint density at radius 3 is 2.76 bits per heavy atom. The van der Waals surface area contributed by atoms with Gasteiger partial charge < -0.3 is 19.5 Å². The molecule has 0 saturated heterocycles. The maximum absolute atomic E-state index is 12.2. The molecule has 1 heterocycles. The first-order chi connectivity index (χ1) is 16.5. The van der Waals surface area contributed by atoms with Crippen LogP contribution in [0.4, 0.5) is 10.8 Å². The van der Waals surface area contributed by atoms with E-state index in [0.717, 1.165) is 5.56 Å². The summed E-state index contributed by atoms with van der Waals surface area (Å²) in [6.45, 7) is 1.91. The van der Waals surface area contributed by atoms with E-state index in [9.17, 15) is 9.59 Å². The number of anilines is 2. The van der Waals surface area contributed by atoms with Gasteiger partial charge >= 0.3 is 5.97 Å². The van der Waals surface area contributed by atoms with Crippen molar-refractivity contribution in [2.45, 2.75) is 13.3 Å². The molecule has 2 N–H and O–H groups in total. The first kappa shape index (κ1) is 25.2. The van der Waals surface area contributed by atoms with Crippen molar-refractivity contribution in [3.63, 3.8) is 0 Å². The van der Waals surface area contributed by atoms with E-state index in [1.54, 1.807) is 42.8 Å². The van der Waals surface area contributed by atoms with Crippen LogP contribution in [0.3, 0.4) is 0 Å². The molecule has 0 fully saturated rings. The zero-order valence-electron chi connectivity index (χ0n) is 18.5. The SMILES string of the molecule is CCOC(=O)Cc1csc(NN=Cc2cc(Br)c(OCC(=O)Nc3ccccc3)c(OC)c2)n1. The number of hydrazone groups is 1. The minimum absolute atomic E-state index is 0.116. The summed E-state index contributed by atoms with van der Waals surface area (Å²) in [6, 6.07) is 12.6. The fourth-order valence-corrected chi connectivity index (χ4v) is 4.01. The van der Waals surface area contributed by atoms with Gasteiger partial charge in [-0.25, -0.2) is 4.98 Å². The molecule has 3 rings (SSSR count). The van der Waals surface area contributed by atoms with E-state index in [2.05, 4.69) is 36.8 Å². The van der Waals surface area contributed by atoms with Crippen molar-refractivity contribution in [2.75, 3.05) is 31.1 Å². The average Bonchev–Trinajstić information content (AvgIpc) is 3.25. The largest absolute Gasteiger partial charge is 0.493 e. The number of halogens is 1. The molecule has 11 heteroatoms. The molecule has 0 unspecified atom stereocenters. The Balaban J connectivity index is 1.58. The lowest BCUT2D eigenvalue weighted by Crippen LogP contribution is -2.20. The molecule has 9 nitrogen and oxygen atoms in total. The van der Waals surface area contributed by atoms with E-state index in [0.29, 0.717) is 39.1 Å². The molecule has 3 aromatic rings. The van der Waals surface area contributed by atoms with E-state index < -0.39 is 0 Å². The second kappa shape index (κ2) is 12.7. The molecule has 0 aliphatic carbocycles. The molecule has 0 radical (unpaired) electrons. The number of aromatic nitrogens is 1. The summed E-state index contributed by atoms with van der Waals surface area (Å²) in [5.41, 5.74) is 4.86. The number of para-hydroxylation sites is 1. The van der Waals surface area contributed by atoms with E-state index in [4.69, 9.17) is 14.2 Å². The Kier molecular flexibility index (Phi) is 9.41. The Morgan fingerprint density at radius 1 is 1.24 bits per heavy atom. The smallest absolute Gasteiger partial charge is 0.311 e. The van der Waals surface area contributed by atoms with Crippen molar-refractivity contribution in [3.8, 4) is 11.5 Å². The van der Waals surface area contributed by atoms with Gasteiger partial charge in [0.2, 0.25) is 5.13 Å². The molecule has 0 aliphatic heterocycles. The molecule has 1 amide bonds. The van der Waals surface area contributed by atoms with Crippen LogP contribution in [0.1, 0.15) is 18.2 Å². The van der Waals surface area contributed by atoms with Crippen molar-refractivity contribution in [1.29, 1.82) is 0 Å². The van der Waals surface area contributed by atoms with Crippen LogP contribution < -0.4 is 20.2 Å². The van der Waals surface area contributed by atoms with Crippen molar-refractivity contribution < 1.29 is 23.8 Å². The molecule has 34 heavy (non-hydrogen) atoms. The molecule has 2 aromatic carbocycles. The van der Waals surface area contributed by atoms with Gasteiger partial charge in [-0.05, 0) is 52.7 Å². The van der Waals surface area contributed by atoms with Crippen LogP contribution in [0, 0.1) is 0 Å². The third-order valence-corrected chi connectivity index (χ3v) is 5.60. The zero-order valence-corrected chi connectivity index (χ0v) is 20.9. The van der Waals surface area contributed by atoms with Crippen LogP contribution in [0.15, 0.2) is 57.4 Å². The second-order valence-electron chi connectivity index (χ2n) is 6.73. The minimum Gasteiger partial charge on any atom is -0.493 e. The van der Waals surface area contributed by atoms with E-state index in [1.807, 2.05) is 18.2 Å². The molecule has 178 valence electrons. The van der Waals surface area contributed by atoms with Crippen molar-refractivity contribution in [1.82, 2.24) is 4.98 Å². The summed E-state index contributed by atoms with van der Waals surface area (Å²) >= 11 is 4.79. The number of rotatable bonds is 11. The standard InChI is InChI=1S/C23H23BrN4O5S/c1-3-32-21(30)11-17-14-34-23(27-17)28-25-12-15-9-18(24)22(19(10-15)31-2)33-13-20(29)26-16-7-5-4-6-8-16/h4-10,12,14H,3,11,13H2,1-2H3,(H,26,29)(H,27,28). The second-order valence-corrected chi connectivity index (χ2v) is 8.45. The number of esters is 1. The Labute approximate surface area is 209 Å². The van der Waals surface area contributed by atoms with Crippen LogP contribution in [0.25, 0.3) is 0 Å². The van der Waals surface area contributed by atoms with Crippen LogP contribution >= 0.6 is 27.3 Å². The Hall–Kier alpha value is -3.44. The molecule has 0 atom stereocenters. The highest BCUT2D eigenvalue weighted by Gasteiger charge is 2.14. The highest BCUT2D eigenvalue weighted by molar-refractivity contribution is 9.10. The van der Waals surface area contributed by atoms with Gasteiger partial charge in [-0.2, -0.15) is 5.10 Å². The Morgan fingerprint density at radius 2 is 2.03 bits per heavy atom. The number of carbonyl (C=O) groups is 2. The van der Waals surface area contributed by atoms with Gasteiger partial charge in [-0.1, -0.05) is 18.2 Å². The predicted molar refractivity (Wildman–Crippen MR) is 135 cm³/mol. The number of methoxy groups -OCH3 is 1. The van der Waals surface area contributed by atoms with Crippen molar-refractivity contribution >= 4 is 56.2 Å². The minimum atomic E-state index is -0.320. The number of nitrogens with one attached hydrogen (secondary N) is 2. The number of nitrogens with zero attached hydrogens (tertiary/aromatic N) is 2. The number of hydrogen-bond donors (Lipinski definition) is 2. The number of amides is 1. The summed E-state index contributed by atoms with van der Waals surface area (Å²) in [4.78, 5) is 28.0. The normalized spacial score (nSPS) is 10.7. The molecular weight excluding hydrogens is 524 g/mol. The quantitative estimate of drug-likeness (QED) is 0.207. The average molecular weight is 547 g/mol. The fraction of sp³-hybridized carbons (Fsp3) is 0.217. The number of ether oxygens (including phenoxy) is 3. The maximum Gasteiger partial charge on any atom is 0.311 e. The fourth-order valence-electron chi connectivity index (χ4n) is 2.77. The van der Waals surface area contributed by atoms with Gasteiger partial charge in [0, 0.05) is 11.1 Å². The third-order valence-electron chi connectivity index (χ3n) is 4.21. The number of carbonyl (C=O) groups excluding carboxylic acids is 2. The molecular formula is C23H23BrN4O5S. The molecule has 1 aromatic heterocycles. The topological polar surface area (TPSA) is 111 Å². The summed E-state index contributed by atoms with van der Waals surface area (Å²) in [7, 11) is 1.51. The highest BCUT2D eigenvalue weighted by atomic mass is 79.9. The third kappa shape index (κ3) is 7.56. The van der Waals surface area contributed by atoms with Crippen molar-refractivity contribution in [3.05, 3.63) is 63.6 Å². The number of benzene rings is 2.